The van der Waals surface area contributed by atoms with E-state index >= 15 is 0 Å². The first-order valence-electron chi connectivity index (χ1n) is 6.47. The molecule has 1 aromatic heterocycles. The molecule has 1 aromatic rings. The Morgan fingerprint density at radius 1 is 1.50 bits per heavy atom. The maximum Gasteiger partial charge on any atom is 0.0399 e. The highest BCUT2D eigenvalue weighted by Crippen LogP contribution is 2.25. The molecule has 88 valence electrons. The maximum absolute atomic E-state index is 4.26. The molecule has 0 N–H and O–H groups in total. The molecule has 2 heterocycles. The van der Waals surface area contributed by atoms with E-state index in [1.165, 1.54) is 44.5 Å². The lowest BCUT2D eigenvalue weighted by molar-refractivity contribution is 0.388. The summed E-state index contributed by atoms with van der Waals surface area (Å²) in [5.74, 6) is 0.896. The number of rotatable bonds is 3. The van der Waals surface area contributed by atoms with Crippen LogP contribution in [0.5, 0.6) is 0 Å². The fourth-order valence-electron chi connectivity index (χ4n) is 2.67. The molecular formula is C14H22N2. The van der Waals surface area contributed by atoms with Crippen LogP contribution in [0.2, 0.25) is 0 Å². The predicted octanol–water partition coefficient (Wildman–Crippen LogP) is 3.41. The molecule has 2 heteroatoms. The van der Waals surface area contributed by atoms with Crippen LogP contribution in [0.15, 0.2) is 18.3 Å². The van der Waals surface area contributed by atoms with Crippen molar-refractivity contribution in [3.8, 4) is 0 Å². The third-order valence-electron chi connectivity index (χ3n) is 3.46. The van der Waals surface area contributed by atoms with Crippen molar-refractivity contribution in [1.29, 1.82) is 0 Å². The van der Waals surface area contributed by atoms with Gasteiger partial charge in [0.1, 0.15) is 0 Å². The number of aryl methyl sites for hydroxylation is 1. The van der Waals surface area contributed by atoms with Crippen LogP contribution in [0.1, 0.15) is 38.3 Å². The summed E-state index contributed by atoms with van der Waals surface area (Å²) in [5, 5.41) is 0. The molecule has 0 amide bonds. The highest BCUT2D eigenvalue weighted by molar-refractivity contribution is 5.46. The lowest BCUT2D eigenvalue weighted by Crippen LogP contribution is -2.35. The topological polar surface area (TPSA) is 16.1 Å². The minimum absolute atomic E-state index is 0.896. The van der Waals surface area contributed by atoms with Crippen molar-refractivity contribution in [3.05, 3.63) is 24.0 Å². The number of hydrogen-bond donors (Lipinski definition) is 0. The van der Waals surface area contributed by atoms with Gasteiger partial charge in [-0.05, 0) is 44.2 Å². The van der Waals surface area contributed by atoms with Crippen molar-refractivity contribution in [3.63, 3.8) is 0 Å². The molecule has 0 aliphatic carbocycles. The van der Waals surface area contributed by atoms with Crippen molar-refractivity contribution >= 4 is 5.69 Å². The van der Waals surface area contributed by atoms with E-state index in [4.69, 9.17) is 0 Å². The first kappa shape index (κ1) is 11.4. The highest BCUT2D eigenvalue weighted by atomic mass is 15.1. The van der Waals surface area contributed by atoms with Crippen LogP contribution in [0.4, 0.5) is 5.69 Å². The summed E-state index contributed by atoms with van der Waals surface area (Å²) in [6, 6.07) is 4.34. The van der Waals surface area contributed by atoms with Crippen LogP contribution < -0.4 is 4.90 Å². The lowest BCUT2D eigenvalue weighted by Gasteiger charge is -2.34. The number of aromatic nitrogens is 1. The Bertz CT molecular complexity index is 333. The zero-order valence-electron chi connectivity index (χ0n) is 10.4. The minimum Gasteiger partial charge on any atom is -0.371 e. The van der Waals surface area contributed by atoms with E-state index < -0.39 is 0 Å². The number of piperidine rings is 1. The second-order valence-corrected chi connectivity index (χ2v) is 4.90. The third kappa shape index (κ3) is 2.75. The second-order valence-electron chi connectivity index (χ2n) is 4.90. The van der Waals surface area contributed by atoms with E-state index in [2.05, 4.69) is 35.9 Å². The van der Waals surface area contributed by atoms with Gasteiger partial charge in [-0.15, -0.1) is 0 Å². The summed E-state index contributed by atoms with van der Waals surface area (Å²) in [5.41, 5.74) is 2.48. The number of pyridine rings is 1. The molecule has 0 aromatic carbocycles. The van der Waals surface area contributed by atoms with Crippen LogP contribution in [0.25, 0.3) is 0 Å². The summed E-state index contributed by atoms with van der Waals surface area (Å²) < 4.78 is 0. The molecule has 1 saturated heterocycles. The first-order chi connectivity index (χ1) is 7.79. The fourth-order valence-corrected chi connectivity index (χ4v) is 2.67. The molecule has 0 bridgehead atoms. The van der Waals surface area contributed by atoms with Crippen LogP contribution in [-0.2, 0) is 0 Å². The molecule has 2 nitrogen and oxygen atoms in total. The molecule has 1 unspecified atom stereocenters. The van der Waals surface area contributed by atoms with E-state index in [1.807, 2.05) is 6.20 Å². The standard InChI is InChI=1S/C14H22N2/c1-3-5-13-6-4-9-16(11-13)14-7-8-15-12(2)10-14/h7-8,10,13H,3-6,9,11H2,1-2H3. The SMILES string of the molecule is CCCC1CCCN(c2ccnc(C)c2)C1. The zero-order chi connectivity index (χ0) is 11.4. The molecule has 1 fully saturated rings. The molecule has 0 saturated carbocycles. The van der Waals surface area contributed by atoms with Crippen molar-refractivity contribution in [1.82, 2.24) is 4.98 Å². The summed E-state index contributed by atoms with van der Waals surface area (Å²) in [6.45, 7) is 6.80. The van der Waals surface area contributed by atoms with Gasteiger partial charge < -0.3 is 4.90 Å². The van der Waals surface area contributed by atoms with E-state index in [1.54, 1.807) is 0 Å². The predicted molar refractivity (Wildman–Crippen MR) is 68.8 cm³/mol. The minimum atomic E-state index is 0.896. The van der Waals surface area contributed by atoms with Crippen molar-refractivity contribution in [2.45, 2.75) is 39.5 Å². The molecule has 1 atom stereocenters. The van der Waals surface area contributed by atoms with Crippen LogP contribution in [-0.4, -0.2) is 18.1 Å². The largest absolute Gasteiger partial charge is 0.371 e. The van der Waals surface area contributed by atoms with Crippen molar-refractivity contribution in [2.24, 2.45) is 5.92 Å². The summed E-state index contributed by atoms with van der Waals surface area (Å²) >= 11 is 0. The van der Waals surface area contributed by atoms with Gasteiger partial charge in [-0.1, -0.05) is 13.3 Å². The summed E-state index contributed by atoms with van der Waals surface area (Å²) in [4.78, 5) is 6.79. The average Bonchev–Trinajstić information content (AvgIpc) is 2.30. The fraction of sp³-hybridized carbons (Fsp3) is 0.643. The van der Waals surface area contributed by atoms with E-state index in [9.17, 15) is 0 Å². The molecule has 1 aliphatic heterocycles. The number of nitrogens with zero attached hydrogens (tertiary/aromatic N) is 2. The molecule has 16 heavy (non-hydrogen) atoms. The van der Waals surface area contributed by atoms with Crippen molar-refractivity contribution in [2.75, 3.05) is 18.0 Å². The van der Waals surface area contributed by atoms with Gasteiger partial charge in [0.05, 0.1) is 0 Å². The number of hydrogen-bond acceptors (Lipinski definition) is 2. The van der Waals surface area contributed by atoms with Gasteiger partial charge in [0.15, 0.2) is 0 Å². The van der Waals surface area contributed by atoms with E-state index in [0.29, 0.717) is 0 Å². The average molecular weight is 218 g/mol. The van der Waals surface area contributed by atoms with Gasteiger partial charge in [-0.3, -0.25) is 4.98 Å². The van der Waals surface area contributed by atoms with Gasteiger partial charge >= 0.3 is 0 Å². The van der Waals surface area contributed by atoms with Crippen LogP contribution in [0, 0.1) is 12.8 Å². The first-order valence-corrected chi connectivity index (χ1v) is 6.47. The maximum atomic E-state index is 4.26. The highest BCUT2D eigenvalue weighted by Gasteiger charge is 2.19. The smallest absolute Gasteiger partial charge is 0.0399 e. The molecule has 0 radical (unpaired) electrons. The third-order valence-corrected chi connectivity index (χ3v) is 3.46. The quantitative estimate of drug-likeness (QED) is 0.773. The zero-order valence-corrected chi connectivity index (χ0v) is 10.4. The Hall–Kier alpha value is -1.05. The van der Waals surface area contributed by atoms with Crippen LogP contribution >= 0.6 is 0 Å². The molecular weight excluding hydrogens is 196 g/mol. The lowest BCUT2D eigenvalue weighted by atomic mass is 9.93. The Balaban J connectivity index is 2.03. The second kappa shape index (κ2) is 5.33. The summed E-state index contributed by atoms with van der Waals surface area (Å²) in [6.07, 6.45) is 7.36. The molecule has 0 spiro atoms. The van der Waals surface area contributed by atoms with Gasteiger partial charge in [0.25, 0.3) is 0 Å². The molecule has 1 aliphatic rings. The van der Waals surface area contributed by atoms with E-state index in [0.717, 1.165) is 11.6 Å². The van der Waals surface area contributed by atoms with Crippen molar-refractivity contribution < 1.29 is 0 Å². The van der Waals surface area contributed by atoms with Gasteiger partial charge in [0.2, 0.25) is 0 Å². The Kier molecular flexibility index (Phi) is 3.81. The number of anilines is 1. The van der Waals surface area contributed by atoms with E-state index in [-0.39, 0.29) is 0 Å². The van der Waals surface area contributed by atoms with Gasteiger partial charge in [-0.2, -0.15) is 0 Å². The Labute approximate surface area is 98.7 Å². The Morgan fingerprint density at radius 2 is 2.38 bits per heavy atom. The van der Waals surface area contributed by atoms with Crippen LogP contribution in [0.3, 0.4) is 0 Å². The van der Waals surface area contributed by atoms with Gasteiger partial charge in [0, 0.05) is 30.7 Å². The molecule has 2 rings (SSSR count). The van der Waals surface area contributed by atoms with Gasteiger partial charge in [-0.25, -0.2) is 0 Å². The monoisotopic (exact) mass is 218 g/mol. The normalized spacial score (nSPS) is 21.1. The summed E-state index contributed by atoms with van der Waals surface area (Å²) in [7, 11) is 0. The Morgan fingerprint density at radius 3 is 3.12 bits per heavy atom.